The fourth-order valence-corrected chi connectivity index (χ4v) is 8.11. The summed E-state index contributed by atoms with van der Waals surface area (Å²) in [6.45, 7) is 4.69. The quantitative estimate of drug-likeness (QED) is 0.294. The lowest BCUT2D eigenvalue weighted by molar-refractivity contribution is -0.105. The van der Waals surface area contributed by atoms with Gasteiger partial charge in [-0.2, -0.15) is 0 Å². The van der Waals surface area contributed by atoms with Crippen molar-refractivity contribution < 1.29 is 13.9 Å². The number of aldehydes is 1. The molecule has 1 saturated heterocycles. The molecule has 0 spiro atoms. The number of allylic oxidation sites excluding steroid dienone is 4. The summed E-state index contributed by atoms with van der Waals surface area (Å²) in [6.07, 6.45) is 23.1. The molecule has 8 rings (SSSR count). The highest BCUT2D eigenvalue weighted by molar-refractivity contribution is 5.91. The Bertz CT molecular complexity index is 1530. The van der Waals surface area contributed by atoms with E-state index in [2.05, 4.69) is 46.2 Å². The van der Waals surface area contributed by atoms with Gasteiger partial charge in [0.2, 0.25) is 0 Å². The SMILES string of the molecule is O=CC(=Cc1cc2cc3c4c(c2o1)CCCN4CCC3)CCC=CC1=CC2C=C3CCCN4CCCC(=C34)C2O1. The molecule has 0 bridgehead atoms. The molecule has 6 aliphatic rings. The van der Waals surface area contributed by atoms with E-state index in [0.717, 1.165) is 67.7 Å². The van der Waals surface area contributed by atoms with Gasteiger partial charge in [0.05, 0.1) is 0 Å². The van der Waals surface area contributed by atoms with Gasteiger partial charge in [-0.25, -0.2) is 0 Å². The van der Waals surface area contributed by atoms with Crippen LogP contribution in [0.2, 0.25) is 0 Å². The number of carbonyl (C=O) groups is 1. The molecule has 6 heterocycles. The maximum atomic E-state index is 12.0. The van der Waals surface area contributed by atoms with E-state index in [4.69, 9.17) is 9.15 Å². The maximum absolute atomic E-state index is 12.0. The summed E-state index contributed by atoms with van der Waals surface area (Å²) in [5, 5.41) is 1.17. The Hall–Kier alpha value is -3.47. The van der Waals surface area contributed by atoms with Crippen molar-refractivity contribution in [1.29, 1.82) is 0 Å². The number of benzene rings is 1. The van der Waals surface area contributed by atoms with Crippen molar-refractivity contribution >= 4 is 29.0 Å². The lowest BCUT2D eigenvalue weighted by Gasteiger charge is -2.43. The van der Waals surface area contributed by atoms with E-state index in [1.165, 1.54) is 78.7 Å². The molecule has 0 N–H and O–H groups in total. The van der Waals surface area contributed by atoms with Gasteiger partial charge in [-0.05, 0) is 117 Å². The number of anilines is 1. The van der Waals surface area contributed by atoms with Crippen molar-refractivity contribution in [1.82, 2.24) is 4.90 Å². The van der Waals surface area contributed by atoms with Gasteiger partial charge in [-0.1, -0.05) is 12.2 Å². The first kappa shape index (κ1) is 24.3. The largest absolute Gasteiger partial charge is 0.485 e. The number of hydrogen-bond acceptors (Lipinski definition) is 5. The van der Waals surface area contributed by atoms with Crippen LogP contribution >= 0.6 is 0 Å². The van der Waals surface area contributed by atoms with Gasteiger partial charge in [0.15, 0.2) is 0 Å². The van der Waals surface area contributed by atoms with E-state index in [-0.39, 0.29) is 6.10 Å². The summed E-state index contributed by atoms with van der Waals surface area (Å²) in [5.41, 5.74) is 10.6. The van der Waals surface area contributed by atoms with Crippen LogP contribution in [-0.4, -0.2) is 43.5 Å². The summed E-state index contributed by atoms with van der Waals surface area (Å²) in [4.78, 5) is 17.1. The van der Waals surface area contributed by atoms with Crippen molar-refractivity contribution in [2.75, 3.05) is 31.1 Å². The fourth-order valence-electron chi connectivity index (χ4n) is 8.11. The Labute approximate surface area is 236 Å². The molecule has 206 valence electrons. The Kier molecular flexibility index (Phi) is 6.00. The lowest BCUT2D eigenvalue weighted by Crippen LogP contribution is -2.39. The molecule has 1 fully saturated rings. The molecule has 5 aliphatic heterocycles. The average molecular weight is 535 g/mol. The van der Waals surface area contributed by atoms with Gasteiger partial charge in [-0.15, -0.1) is 0 Å². The topological polar surface area (TPSA) is 45.9 Å². The van der Waals surface area contributed by atoms with E-state index < -0.39 is 0 Å². The average Bonchev–Trinajstić information content (AvgIpc) is 3.59. The van der Waals surface area contributed by atoms with Crippen LogP contribution in [0.5, 0.6) is 0 Å². The molecule has 2 unspecified atom stereocenters. The molecule has 1 aromatic heterocycles. The van der Waals surface area contributed by atoms with E-state index >= 15 is 0 Å². The summed E-state index contributed by atoms with van der Waals surface area (Å²) < 4.78 is 12.8. The zero-order valence-corrected chi connectivity index (χ0v) is 23.3. The van der Waals surface area contributed by atoms with Crippen LogP contribution in [0.25, 0.3) is 17.0 Å². The molecule has 0 saturated carbocycles. The molecule has 0 radical (unpaired) electrons. The molecular formula is C35H38N2O3. The van der Waals surface area contributed by atoms with Crippen molar-refractivity contribution in [2.45, 2.75) is 70.3 Å². The second kappa shape index (κ2) is 9.87. The Balaban J connectivity index is 0.961. The number of ether oxygens (including phenoxy) is 1. The normalized spacial score (nSPS) is 25.4. The van der Waals surface area contributed by atoms with Gasteiger partial charge in [-0.3, -0.25) is 4.79 Å². The summed E-state index contributed by atoms with van der Waals surface area (Å²) in [5.74, 6) is 2.11. The number of rotatable bonds is 6. The van der Waals surface area contributed by atoms with Gasteiger partial charge >= 0.3 is 0 Å². The first-order valence-electron chi connectivity index (χ1n) is 15.5. The van der Waals surface area contributed by atoms with Crippen LogP contribution in [-0.2, 0) is 22.4 Å². The highest BCUT2D eigenvalue weighted by atomic mass is 16.5. The summed E-state index contributed by atoms with van der Waals surface area (Å²) >= 11 is 0. The fraction of sp³-hybridized carbons (Fsp3) is 0.457. The van der Waals surface area contributed by atoms with Crippen molar-refractivity contribution in [3.8, 4) is 0 Å². The van der Waals surface area contributed by atoms with Crippen LogP contribution in [0.1, 0.15) is 68.3 Å². The number of fused-ring (bicyclic) bond motifs is 4. The summed E-state index contributed by atoms with van der Waals surface area (Å²) in [7, 11) is 0. The first-order chi connectivity index (χ1) is 19.7. The number of aryl methyl sites for hydroxylation is 2. The van der Waals surface area contributed by atoms with Gasteiger partial charge in [0, 0.05) is 54.4 Å². The number of furan rings is 1. The van der Waals surface area contributed by atoms with Gasteiger partial charge < -0.3 is 19.0 Å². The molecule has 5 heteroatoms. The molecular weight excluding hydrogens is 496 g/mol. The molecule has 1 aliphatic carbocycles. The van der Waals surface area contributed by atoms with Crippen LogP contribution in [0.4, 0.5) is 5.69 Å². The minimum atomic E-state index is 0.167. The van der Waals surface area contributed by atoms with Crippen molar-refractivity contribution in [3.63, 3.8) is 0 Å². The number of piperidine rings is 1. The summed E-state index contributed by atoms with van der Waals surface area (Å²) in [6, 6.07) is 4.43. The molecule has 2 aromatic rings. The molecule has 5 nitrogen and oxygen atoms in total. The second-order valence-electron chi connectivity index (χ2n) is 12.3. The van der Waals surface area contributed by atoms with Gasteiger partial charge in [0.25, 0.3) is 0 Å². The van der Waals surface area contributed by atoms with Crippen molar-refractivity contribution in [2.24, 2.45) is 5.92 Å². The monoisotopic (exact) mass is 534 g/mol. The molecule has 40 heavy (non-hydrogen) atoms. The Morgan fingerprint density at radius 2 is 1.77 bits per heavy atom. The molecule has 0 amide bonds. The van der Waals surface area contributed by atoms with Crippen LogP contribution in [0.3, 0.4) is 0 Å². The highest BCUT2D eigenvalue weighted by Gasteiger charge is 2.40. The van der Waals surface area contributed by atoms with Crippen LogP contribution in [0.15, 0.2) is 69.0 Å². The van der Waals surface area contributed by atoms with E-state index in [9.17, 15) is 4.79 Å². The maximum Gasteiger partial charge on any atom is 0.146 e. The molecule has 2 atom stereocenters. The number of hydrogen-bond donors (Lipinski definition) is 0. The van der Waals surface area contributed by atoms with Gasteiger partial charge in [0.1, 0.15) is 29.5 Å². The third kappa shape index (κ3) is 4.08. The zero-order chi connectivity index (χ0) is 26.6. The Morgan fingerprint density at radius 3 is 2.67 bits per heavy atom. The van der Waals surface area contributed by atoms with Crippen molar-refractivity contribution in [3.05, 3.63) is 81.5 Å². The third-order valence-corrected chi connectivity index (χ3v) is 9.76. The molecule has 1 aromatic carbocycles. The highest BCUT2D eigenvalue weighted by Crippen LogP contribution is 2.46. The van der Waals surface area contributed by atoms with Crippen LogP contribution < -0.4 is 4.90 Å². The number of nitrogens with zero attached hydrogens (tertiary/aromatic N) is 2. The second-order valence-corrected chi connectivity index (χ2v) is 12.3. The van der Waals surface area contributed by atoms with E-state index in [1.54, 1.807) is 5.57 Å². The predicted molar refractivity (Wildman–Crippen MR) is 159 cm³/mol. The standard InChI is InChI=1S/C35H38N2O3/c38-22-23(17-29-21-27-19-25-9-4-14-37-16-6-12-31(33(25)37)35(27)40-29)7-1-2-10-28-20-26-18-24-8-3-13-36-15-5-11-30(32(24)36)34(26)39-28/h2,10,17-22,26,34H,1,3-9,11-16H2. The minimum Gasteiger partial charge on any atom is -0.485 e. The van der Waals surface area contributed by atoms with E-state index in [0.29, 0.717) is 12.3 Å². The zero-order valence-electron chi connectivity index (χ0n) is 23.3. The predicted octanol–water partition coefficient (Wildman–Crippen LogP) is 7.03. The smallest absolute Gasteiger partial charge is 0.146 e. The number of carbonyl (C=O) groups excluding carboxylic acids is 1. The van der Waals surface area contributed by atoms with E-state index in [1.807, 2.05) is 6.08 Å². The Morgan fingerprint density at radius 1 is 0.950 bits per heavy atom. The third-order valence-electron chi connectivity index (χ3n) is 9.76. The first-order valence-corrected chi connectivity index (χ1v) is 15.5. The minimum absolute atomic E-state index is 0.167. The van der Waals surface area contributed by atoms with Crippen LogP contribution in [0, 0.1) is 5.92 Å². The lowest BCUT2D eigenvalue weighted by atomic mass is 9.79.